The second-order valence-corrected chi connectivity index (χ2v) is 10.9. The normalized spacial score (nSPS) is 12.1. The zero-order valence-electron chi connectivity index (χ0n) is 23.3. The summed E-state index contributed by atoms with van der Waals surface area (Å²) in [6.45, 7) is 10.7. The molecule has 7 heteroatoms. The second-order valence-electron chi connectivity index (χ2n) is 10.9. The molecule has 4 aromatic rings. The number of unbranched alkanes of at least 4 members (excludes halogenated alkanes) is 3. The van der Waals surface area contributed by atoms with Crippen LogP contribution in [0.2, 0.25) is 0 Å². The van der Waals surface area contributed by atoms with Crippen molar-refractivity contribution in [2.24, 2.45) is 0 Å². The smallest absolute Gasteiger partial charge is 0.152 e. The number of phenolic OH excluding ortho intramolecular Hbond substituents is 2. The number of anilines is 1. The number of aromatic hydroxyl groups is 2. The molecule has 0 amide bonds. The van der Waals surface area contributed by atoms with Crippen molar-refractivity contribution >= 4 is 27.8 Å². The number of imidazole rings is 1. The van der Waals surface area contributed by atoms with Crippen molar-refractivity contribution in [2.45, 2.75) is 84.6 Å². The molecular formula is C31H42N4O3. The first-order valence-electron chi connectivity index (χ1n) is 13.9. The van der Waals surface area contributed by atoms with Gasteiger partial charge in [0.1, 0.15) is 22.8 Å². The van der Waals surface area contributed by atoms with Crippen molar-refractivity contribution < 1.29 is 14.9 Å². The molecule has 0 aliphatic heterocycles. The van der Waals surface area contributed by atoms with E-state index in [9.17, 15) is 10.2 Å². The van der Waals surface area contributed by atoms with E-state index in [0.29, 0.717) is 23.4 Å². The molecule has 0 fully saturated rings. The number of aromatic nitrogens is 3. The van der Waals surface area contributed by atoms with Crippen LogP contribution in [-0.4, -0.2) is 38.0 Å². The van der Waals surface area contributed by atoms with Crippen molar-refractivity contribution in [2.75, 3.05) is 18.9 Å². The van der Waals surface area contributed by atoms with Crippen LogP contribution in [-0.2, 0) is 23.1 Å². The van der Waals surface area contributed by atoms with Crippen LogP contribution < -0.4 is 5.73 Å². The third-order valence-corrected chi connectivity index (χ3v) is 7.47. The topological polar surface area (TPSA) is 106 Å². The largest absolute Gasteiger partial charge is 0.508 e. The first kappa shape index (κ1) is 27.7. The Morgan fingerprint density at radius 2 is 1.74 bits per heavy atom. The first-order chi connectivity index (χ1) is 18.2. The predicted octanol–water partition coefficient (Wildman–Crippen LogP) is 6.84. The number of nitrogen functional groups attached to an aromatic ring is 1. The Labute approximate surface area is 225 Å². The summed E-state index contributed by atoms with van der Waals surface area (Å²) in [4.78, 5) is 9.67. The zero-order chi connectivity index (χ0) is 27.3. The van der Waals surface area contributed by atoms with Gasteiger partial charge in [0.25, 0.3) is 0 Å². The van der Waals surface area contributed by atoms with Gasteiger partial charge in [0, 0.05) is 30.6 Å². The summed E-state index contributed by atoms with van der Waals surface area (Å²) in [5, 5.41) is 21.5. The standard InChI is InChI=1S/C31H42N4O3/c1-5-7-9-16-38-17-15-31(3,4)22-11-13-24-25(19-22)33-30(32)28-29(24)35(27(34-28)10-8-6-2)20-21-18-23(36)12-14-26(21)37/h11-14,18-19,36-37H,5-10,15-17,20H2,1-4H3,(H2,32,33). The molecule has 2 aromatic heterocycles. The highest BCUT2D eigenvalue weighted by molar-refractivity contribution is 6.06. The van der Waals surface area contributed by atoms with E-state index in [-0.39, 0.29) is 16.9 Å². The molecule has 4 rings (SSSR count). The van der Waals surface area contributed by atoms with E-state index in [4.69, 9.17) is 20.4 Å². The number of nitrogens with zero attached hydrogens (tertiary/aromatic N) is 3. The van der Waals surface area contributed by atoms with E-state index in [2.05, 4.69) is 50.5 Å². The summed E-state index contributed by atoms with van der Waals surface area (Å²) in [6, 6.07) is 11.0. The summed E-state index contributed by atoms with van der Waals surface area (Å²) >= 11 is 0. The average Bonchev–Trinajstić information content (AvgIpc) is 3.25. The number of hydrogen-bond donors (Lipinski definition) is 3. The fourth-order valence-corrected chi connectivity index (χ4v) is 4.97. The van der Waals surface area contributed by atoms with Crippen LogP contribution in [0, 0.1) is 0 Å². The quantitative estimate of drug-likeness (QED) is 0.132. The minimum atomic E-state index is -0.0791. The number of aryl methyl sites for hydroxylation is 1. The lowest BCUT2D eigenvalue weighted by Gasteiger charge is -2.25. The molecule has 0 saturated heterocycles. The molecule has 0 bridgehead atoms. The van der Waals surface area contributed by atoms with Crippen LogP contribution in [0.3, 0.4) is 0 Å². The van der Waals surface area contributed by atoms with Crippen molar-refractivity contribution in [3.05, 3.63) is 53.3 Å². The predicted molar refractivity (Wildman–Crippen MR) is 155 cm³/mol. The van der Waals surface area contributed by atoms with Gasteiger partial charge in [0.15, 0.2) is 5.82 Å². The SMILES string of the molecule is CCCCCOCCC(C)(C)c1ccc2c(c1)nc(N)c1nc(CCCC)n(Cc3cc(O)ccc3O)c12. The Hall–Kier alpha value is -3.32. The van der Waals surface area contributed by atoms with E-state index < -0.39 is 0 Å². The molecule has 204 valence electrons. The lowest BCUT2D eigenvalue weighted by molar-refractivity contribution is 0.115. The number of phenols is 2. The van der Waals surface area contributed by atoms with Crippen LogP contribution in [0.25, 0.3) is 21.9 Å². The van der Waals surface area contributed by atoms with Crippen LogP contribution in [0.15, 0.2) is 36.4 Å². The van der Waals surface area contributed by atoms with Gasteiger partial charge in [-0.1, -0.05) is 59.1 Å². The summed E-state index contributed by atoms with van der Waals surface area (Å²) < 4.78 is 8.02. The van der Waals surface area contributed by atoms with E-state index in [1.54, 1.807) is 6.07 Å². The summed E-state index contributed by atoms with van der Waals surface area (Å²) in [5.74, 6) is 1.55. The van der Waals surface area contributed by atoms with Crippen molar-refractivity contribution in [3.63, 3.8) is 0 Å². The van der Waals surface area contributed by atoms with Gasteiger partial charge in [0.2, 0.25) is 0 Å². The molecule has 4 N–H and O–H groups in total. The molecule has 7 nitrogen and oxygen atoms in total. The van der Waals surface area contributed by atoms with Crippen molar-refractivity contribution in [1.82, 2.24) is 14.5 Å². The van der Waals surface area contributed by atoms with Crippen LogP contribution >= 0.6 is 0 Å². The highest BCUT2D eigenvalue weighted by Crippen LogP contribution is 2.35. The zero-order valence-corrected chi connectivity index (χ0v) is 23.3. The Kier molecular flexibility index (Phi) is 8.77. The number of nitrogens with two attached hydrogens (primary N) is 1. The van der Waals surface area contributed by atoms with Gasteiger partial charge in [-0.25, -0.2) is 9.97 Å². The van der Waals surface area contributed by atoms with Gasteiger partial charge in [-0.3, -0.25) is 0 Å². The number of pyridine rings is 1. The highest BCUT2D eigenvalue weighted by Gasteiger charge is 2.23. The van der Waals surface area contributed by atoms with Crippen molar-refractivity contribution in [3.8, 4) is 11.5 Å². The Morgan fingerprint density at radius 3 is 2.50 bits per heavy atom. The van der Waals surface area contributed by atoms with Crippen LogP contribution in [0.5, 0.6) is 11.5 Å². The van der Waals surface area contributed by atoms with E-state index in [0.717, 1.165) is 67.6 Å². The van der Waals surface area contributed by atoms with Gasteiger partial charge < -0.3 is 25.3 Å². The lowest BCUT2D eigenvalue weighted by atomic mass is 9.81. The molecule has 0 aliphatic carbocycles. The maximum absolute atomic E-state index is 10.5. The molecule has 0 radical (unpaired) electrons. The van der Waals surface area contributed by atoms with Gasteiger partial charge in [-0.05, 0) is 54.5 Å². The minimum absolute atomic E-state index is 0.0791. The van der Waals surface area contributed by atoms with Gasteiger partial charge >= 0.3 is 0 Å². The number of fused-ring (bicyclic) bond motifs is 3. The van der Waals surface area contributed by atoms with Crippen LogP contribution in [0.4, 0.5) is 5.82 Å². The molecule has 0 unspecified atom stereocenters. The Morgan fingerprint density at radius 1 is 0.947 bits per heavy atom. The Balaban J connectivity index is 1.74. The van der Waals surface area contributed by atoms with E-state index >= 15 is 0 Å². The van der Waals surface area contributed by atoms with Gasteiger partial charge in [-0.15, -0.1) is 0 Å². The lowest BCUT2D eigenvalue weighted by Crippen LogP contribution is -2.20. The highest BCUT2D eigenvalue weighted by atomic mass is 16.5. The third-order valence-electron chi connectivity index (χ3n) is 7.47. The Bertz CT molecular complexity index is 1390. The molecule has 0 spiro atoms. The molecule has 0 atom stereocenters. The van der Waals surface area contributed by atoms with Crippen LogP contribution in [0.1, 0.15) is 83.2 Å². The first-order valence-corrected chi connectivity index (χ1v) is 13.9. The minimum Gasteiger partial charge on any atom is -0.508 e. The fraction of sp³-hybridized carbons (Fsp3) is 0.484. The fourth-order valence-electron chi connectivity index (χ4n) is 4.97. The molecular weight excluding hydrogens is 476 g/mol. The molecule has 2 heterocycles. The summed E-state index contributed by atoms with van der Waals surface area (Å²) in [7, 11) is 0. The molecule has 2 aromatic carbocycles. The number of rotatable bonds is 13. The van der Waals surface area contributed by atoms with Gasteiger partial charge in [0.05, 0.1) is 17.6 Å². The average molecular weight is 519 g/mol. The third kappa shape index (κ3) is 6.04. The van der Waals surface area contributed by atoms with Gasteiger partial charge in [-0.2, -0.15) is 0 Å². The van der Waals surface area contributed by atoms with E-state index in [1.807, 2.05) is 0 Å². The van der Waals surface area contributed by atoms with E-state index in [1.165, 1.54) is 30.5 Å². The number of benzene rings is 2. The summed E-state index contributed by atoms with van der Waals surface area (Å²) in [6.07, 6.45) is 7.24. The van der Waals surface area contributed by atoms with Crippen molar-refractivity contribution in [1.29, 1.82) is 0 Å². The molecule has 0 aliphatic rings. The maximum Gasteiger partial charge on any atom is 0.152 e. The monoisotopic (exact) mass is 518 g/mol. The number of hydrogen-bond acceptors (Lipinski definition) is 6. The maximum atomic E-state index is 10.5. The molecule has 38 heavy (non-hydrogen) atoms. The number of ether oxygens (including phenoxy) is 1. The second kappa shape index (κ2) is 12.0. The summed E-state index contributed by atoms with van der Waals surface area (Å²) in [5.41, 5.74) is 10.6. The molecule has 0 saturated carbocycles.